The van der Waals surface area contributed by atoms with Crippen molar-refractivity contribution in [3.8, 4) is 11.5 Å². The van der Waals surface area contributed by atoms with Crippen LogP contribution >= 0.6 is 0 Å². The molecule has 0 radical (unpaired) electrons. The fourth-order valence-electron chi connectivity index (χ4n) is 1.01. The molecule has 0 aliphatic rings. The lowest BCUT2D eigenvalue weighted by atomic mass is 10.3. The van der Waals surface area contributed by atoms with Gasteiger partial charge >= 0.3 is 0 Å². The van der Waals surface area contributed by atoms with Gasteiger partial charge in [0.25, 0.3) is 0 Å². The number of aromatic amines is 1. The molecule has 0 bridgehead atoms. The van der Waals surface area contributed by atoms with Crippen LogP contribution in [0.3, 0.4) is 0 Å². The Morgan fingerprint density at radius 1 is 1.31 bits per heavy atom. The lowest BCUT2D eigenvalue weighted by molar-refractivity contribution is 0.946. The van der Waals surface area contributed by atoms with Crippen LogP contribution in [0, 0.1) is 0 Å². The van der Waals surface area contributed by atoms with Crippen molar-refractivity contribution in [3.05, 3.63) is 30.2 Å². The first-order valence-electron chi connectivity index (χ1n) is 3.92. The van der Waals surface area contributed by atoms with E-state index in [9.17, 15) is 0 Å². The minimum Gasteiger partial charge on any atom is -0.325 e. The van der Waals surface area contributed by atoms with Gasteiger partial charge in [-0.1, -0.05) is 0 Å². The molecule has 3 N–H and O–H groups in total. The fraction of sp³-hybridized carbons (Fsp3) is 0.125. The van der Waals surface area contributed by atoms with Crippen molar-refractivity contribution in [1.82, 2.24) is 20.2 Å². The van der Waals surface area contributed by atoms with Gasteiger partial charge in [0.1, 0.15) is 5.69 Å². The quantitative estimate of drug-likeness (QED) is 0.689. The van der Waals surface area contributed by atoms with Crippen LogP contribution < -0.4 is 5.73 Å². The maximum Gasteiger partial charge on any atom is 0.179 e. The van der Waals surface area contributed by atoms with Gasteiger partial charge in [0.15, 0.2) is 5.82 Å². The molecule has 2 aromatic heterocycles. The highest BCUT2D eigenvalue weighted by Gasteiger charge is 2.03. The summed E-state index contributed by atoms with van der Waals surface area (Å²) < 4.78 is 0. The predicted octanol–water partition coefficient (Wildman–Crippen LogP) is 0.325. The highest BCUT2D eigenvalue weighted by Crippen LogP contribution is 2.10. The third-order valence-electron chi connectivity index (χ3n) is 1.65. The van der Waals surface area contributed by atoms with Crippen LogP contribution in [0.25, 0.3) is 11.5 Å². The van der Waals surface area contributed by atoms with Crippen molar-refractivity contribution < 1.29 is 0 Å². The molecule has 5 nitrogen and oxygen atoms in total. The number of H-pyrrole nitrogens is 1. The molecule has 66 valence electrons. The zero-order chi connectivity index (χ0) is 9.10. The van der Waals surface area contributed by atoms with Gasteiger partial charge in [-0.05, 0) is 12.1 Å². The Morgan fingerprint density at radius 3 is 2.69 bits per heavy atom. The van der Waals surface area contributed by atoms with Gasteiger partial charge < -0.3 is 5.73 Å². The number of hydrogen-bond acceptors (Lipinski definition) is 4. The third-order valence-corrected chi connectivity index (χ3v) is 1.65. The van der Waals surface area contributed by atoms with E-state index in [-0.39, 0.29) is 0 Å². The zero-order valence-corrected chi connectivity index (χ0v) is 6.94. The topological polar surface area (TPSA) is 80.5 Å². The van der Waals surface area contributed by atoms with Gasteiger partial charge in [0, 0.05) is 24.6 Å². The Morgan fingerprint density at radius 2 is 2.08 bits per heavy atom. The molecule has 0 aliphatic carbocycles. The fourth-order valence-corrected chi connectivity index (χ4v) is 1.01. The molecule has 0 atom stereocenters. The van der Waals surface area contributed by atoms with Crippen molar-refractivity contribution in [1.29, 1.82) is 0 Å². The first-order chi connectivity index (χ1) is 6.40. The largest absolute Gasteiger partial charge is 0.325 e. The van der Waals surface area contributed by atoms with E-state index in [1.165, 1.54) is 0 Å². The molecular weight excluding hydrogens is 166 g/mol. The summed E-state index contributed by atoms with van der Waals surface area (Å²) >= 11 is 0. The van der Waals surface area contributed by atoms with E-state index >= 15 is 0 Å². The maximum atomic E-state index is 5.43. The van der Waals surface area contributed by atoms with E-state index in [1.54, 1.807) is 18.5 Å². The first-order valence-corrected chi connectivity index (χ1v) is 3.92. The van der Waals surface area contributed by atoms with E-state index in [4.69, 9.17) is 5.73 Å². The Kier molecular flexibility index (Phi) is 2.01. The molecule has 2 aromatic rings. The summed E-state index contributed by atoms with van der Waals surface area (Å²) in [6.45, 7) is 0.444. The Labute approximate surface area is 75.0 Å². The van der Waals surface area contributed by atoms with Crippen LogP contribution in [0.5, 0.6) is 0 Å². The highest BCUT2D eigenvalue weighted by molar-refractivity contribution is 5.48. The molecule has 5 heteroatoms. The summed E-state index contributed by atoms with van der Waals surface area (Å²) in [4.78, 5) is 8.12. The van der Waals surface area contributed by atoms with Crippen LogP contribution in [0.4, 0.5) is 0 Å². The number of aromatic nitrogens is 4. The molecule has 0 fully saturated rings. The lowest BCUT2D eigenvalue weighted by Crippen LogP contribution is -1.95. The lowest BCUT2D eigenvalue weighted by Gasteiger charge is -1.90. The number of nitrogens with one attached hydrogen (secondary N) is 1. The molecule has 0 aromatic carbocycles. The van der Waals surface area contributed by atoms with Crippen molar-refractivity contribution in [2.45, 2.75) is 6.54 Å². The molecule has 0 saturated heterocycles. The van der Waals surface area contributed by atoms with Gasteiger partial charge in [-0.15, -0.1) is 0 Å². The van der Waals surface area contributed by atoms with Gasteiger partial charge in [0.2, 0.25) is 0 Å². The Balaban J connectivity index is 2.36. The van der Waals surface area contributed by atoms with Gasteiger partial charge in [-0.25, -0.2) is 9.97 Å². The van der Waals surface area contributed by atoms with Crippen molar-refractivity contribution in [3.63, 3.8) is 0 Å². The monoisotopic (exact) mass is 175 g/mol. The molecule has 2 heterocycles. The molecule has 0 unspecified atom stereocenters. The van der Waals surface area contributed by atoms with E-state index in [2.05, 4.69) is 20.2 Å². The average Bonchev–Trinajstić information content (AvgIpc) is 2.67. The van der Waals surface area contributed by atoms with E-state index in [0.29, 0.717) is 12.4 Å². The summed E-state index contributed by atoms with van der Waals surface area (Å²) in [6.07, 6.45) is 3.36. The third kappa shape index (κ3) is 1.54. The Hall–Kier alpha value is -1.75. The minimum atomic E-state index is 0.444. The summed E-state index contributed by atoms with van der Waals surface area (Å²) in [5.41, 5.74) is 7.03. The SMILES string of the molecule is NCc1cc(-c2ncccn2)n[nH]1. The second-order valence-corrected chi connectivity index (χ2v) is 2.55. The molecule has 0 saturated carbocycles. The molecule has 0 spiro atoms. The number of rotatable bonds is 2. The molecule has 2 rings (SSSR count). The number of hydrogen-bond donors (Lipinski definition) is 2. The molecule has 0 amide bonds. The zero-order valence-electron chi connectivity index (χ0n) is 6.94. The predicted molar refractivity (Wildman–Crippen MR) is 47.5 cm³/mol. The van der Waals surface area contributed by atoms with Crippen LogP contribution in [-0.4, -0.2) is 20.2 Å². The van der Waals surface area contributed by atoms with Crippen LogP contribution in [0.15, 0.2) is 24.5 Å². The second-order valence-electron chi connectivity index (χ2n) is 2.55. The highest BCUT2D eigenvalue weighted by atomic mass is 15.1. The maximum absolute atomic E-state index is 5.43. The molecule has 0 aliphatic heterocycles. The van der Waals surface area contributed by atoms with E-state index in [0.717, 1.165) is 11.4 Å². The minimum absolute atomic E-state index is 0.444. The van der Waals surface area contributed by atoms with E-state index in [1.807, 2.05) is 6.07 Å². The van der Waals surface area contributed by atoms with Crippen LogP contribution in [0.1, 0.15) is 5.69 Å². The average molecular weight is 175 g/mol. The molecule has 13 heavy (non-hydrogen) atoms. The second kappa shape index (κ2) is 3.32. The van der Waals surface area contributed by atoms with Crippen molar-refractivity contribution >= 4 is 0 Å². The summed E-state index contributed by atoms with van der Waals surface area (Å²) in [6, 6.07) is 3.61. The molecular formula is C8H9N5. The summed E-state index contributed by atoms with van der Waals surface area (Å²) in [5, 5.41) is 6.83. The van der Waals surface area contributed by atoms with Gasteiger partial charge in [0.05, 0.1) is 0 Å². The number of nitrogens with two attached hydrogens (primary N) is 1. The van der Waals surface area contributed by atoms with Gasteiger partial charge in [-0.2, -0.15) is 5.10 Å². The Bertz CT molecular complexity index is 380. The van der Waals surface area contributed by atoms with Crippen LogP contribution in [-0.2, 0) is 6.54 Å². The van der Waals surface area contributed by atoms with E-state index < -0.39 is 0 Å². The standard InChI is InChI=1S/C8H9N5/c9-5-6-4-7(13-12-6)8-10-2-1-3-11-8/h1-4H,5,9H2,(H,12,13). The number of nitrogens with zero attached hydrogens (tertiary/aromatic N) is 3. The normalized spacial score (nSPS) is 10.2. The van der Waals surface area contributed by atoms with Crippen molar-refractivity contribution in [2.24, 2.45) is 5.73 Å². The first kappa shape index (κ1) is 7.88. The van der Waals surface area contributed by atoms with Gasteiger partial charge in [-0.3, -0.25) is 5.10 Å². The summed E-state index contributed by atoms with van der Waals surface area (Å²) in [7, 11) is 0. The van der Waals surface area contributed by atoms with Crippen molar-refractivity contribution in [2.75, 3.05) is 0 Å². The smallest absolute Gasteiger partial charge is 0.179 e. The van der Waals surface area contributed by atoms with Crippen LogP contribution in [0.2, 0.25) is 0 Å². The summed E-state index contributed by atoms with van der Waals surface area (Å²) in [5.74, 6) is 0.610.